The Morgan fingerprint density at radius 1 is 0.939 bits per heavy atom. The Morgan fingerprint density at radius 2 is 1.76 bits per heavy atom. The molecule has 5 nitrogen and oxygen atoms in total. The second-order valence-corrected chi connectivity index (χ2v) is 9.49. The Bertz CT molecular complexity index is 1270. The van der Waals surface area contributed by atoms with Gasteiger partial charge in [-0.3, -0.25) is 4.98 Å². The molecule has 1 N–H and O–H groups in total. The van der Waals surface area contributed by atoms with Gasteiger partial charge in [0, 0.05) is 53.7 Å². The van der Waals surface area contributed by atoms with Crippen molar-refractivity contribution in [1.29, 1.82) is 0 Å². The molecule has 0 aliphatic carbocycles. The molecule has 1 aliphatic heterocycles. The topological polar surface area (TPSA) is 36.3 Å². The molecular weight excluding hydrogens is 494 g/mol. The van der Waals surface area contributed by atoms with Gasteiger partial charge in [0.1, 0.15) is 6.04 Å². The highest BCUT2D eigenvalue weighted by molar-refractivity contribution is 9.10. The Labute approximate surface area is 207 Å². The first-order chi connectivity index (χ1) is 16.0. The Kier molecular flexibility index (Phi) is 5.91. The van der Waals surface area contributed by atoms with E-state index in [0.29, 0.717) is 5.11 Å². The first-order valence-corrected chi connectivity index (χ1v) is 11.9. The zero-order chi connectivity index (χ0) is 22.9. The van der Waals surface area contributed by atoms with Gasteiger partial charge in [-0.2, -0.15) is 0 Å². The van der Waals surface area contributed by atoms with Gasteiger partial charge in [-0.1, -0.05) is 28.1 Å². The molecular formula is C26H24BrN5S. The lowest BCUT2D eigenvalue weighted by Gasteiger charge is -2.29. The number of nitrogens with zero attached hydrogens (tertiary/aromatic N) is 4. The SMILES string of the molecule is CN(C)c1ccc(N2C(=S)NC(c3ccccn3)C2c2cccn2-c2cccc(Br)c2)cc1. The summed E-state index contributed by atoms with van der Waals surface area (Å²) in [6.45, 7) is 0. The van der Waals surface area contributed by atoms with E-state index >= 15 is 0 Å². The van der Waals surface area contributed by atoms with E-state index in [1.807, 2.05) is 38.5 Å². The highest BCUT2D eigenvalue weighted by Crippen LogP contribution is 2.42. The Hall–Kier alpha value is -3.16. The van der Waals surface area contributed by atoms with Crippen LogP contribution in [0.15, 0.2) is 95.7 Å². The lowest BCUT2D eigenvalue weighted by Crippen LogP contribution is -2.30. The molecule has 0 radical (unpaired) electrons. The van der Waals surface area contributed by atoms with Gasteiger partial charge in [-0.05, 0) is 78.9 Å². The average molecular weight is 518 g/mol. The largest absolute Gasteiger partial charge is 0.378 e. The van der Waals surface area contributed by atoms with Gasteiger partial charge in [-0.25, -0.2) is 0 Å². The summed E-state index contributed by atoms with van der Waals surface area (Å²) in [6.07, 6.45) is 3.93. The number of aromatic nitrogens is 2. The van der Waals surface area contributed by atoms with Gasteiger partial charge >= 0.3 is 0 Å². The molecule has 0 bridgehead atoms. The van der Waals surface area contributed by atoms with Gasteiger partial charge < -0.3 is 19.7 Å². The highest BCUT2D eigenvalue weighted by atomic mass is 79.9. The van der Waals surface area contributed by atoms with Crippen molar-refractivity contribution in [3.05, 3.63) is 107 Å². The number of anilines is 2. The number of hydrogen-bond donors (Lipinski definition) is 1. The molecule has 0 amide bonds. The first-order valence-electron chi connectivity index (χ1n) is 10.7. The van der Waals surface area contributed by atoms with Gasteiger partial charge in [0.25, 0.3) is 0 Å². The number of nitrogens with one attached hydrogen (secondary N) is 1. The lowest BCUT2D eigenvalue weighted by atomic mass is 10.0. The highest BCUT2D eigenvalue weighted by Gasteiger charge is 2.42. The predicted octanol–water partition coefficient (Wildman–Crippen LogP) is 5.88. The van der Waals surface area contributed by atoms with Crippen molar-refractivity contribution in [2.24, 2.45) is 0 Å². The van der Waals surface area contributed by atoms with Gasteiger partial charge in [0.2, 0.25) is 0 Å². The van der Waals surface area contributed by atoms with Gasteiger partial charge in [0.05, 0.1) is 11.7 Å². The van der Waals surface area contributed by atoms with Crippen LogP contribution >= 0.6 is 28.1 Å². The van der Waals surface area contributed by atoms with Crippen molar-refractivity contribution < 1.29 is 0 Å². The normalized spacial score (nSPS) is 17.8. The van der Waals surface area contributed by atoms with Crippen LogP contribution in [0.5, 0.6) is 0 Å². The second-order valence-electron chi connectivity index (χ2n) is 8.19. The fourth-order valence-corrected chi connectivity index (χ4v) is 5.07. The summed E-state index contributed by atoms with van der Waals surface area (Å²) in [6, 6.07) is 26.9. The number of pyridine rings is 1. The molecule has 2 unspecified atom stereocenters. The molecule has 4 aromatic rings. The fraction of sp³-hybridized carbons (Fsp3) is 0.154. The third-order valence-corrected chi connectivity index (χ3v) is 6.72. The maximum atomic E-state index is 5.88. The first kappa shape index (κ1) is 21.7. The van der Waals surface area contributed by atoms with E-state index in [1.54, 1.807) is 0 Å². The van der Waals surface area contributed by atoms with Gasteiger partial charge in [0.15, 0.2) is 5.11 Å². The Balaban J connectivity index is 1.64. The summed E-state index contributed by atoms with van der Waals surface area (Å²) in [4.78, 5) is 8.97. The van der Waals surface area contributed by atoms with Crippen LogP contribution < -0.4 is 15.1 Å². The number of benzene rings is 2. The predicted molar refractivity (Wildman–Crippen MR) is 142 cm³/mol. The minimum absolute atomic E-state index is 0.0772. The molecule has 166 valence electrons. The van der Waals surface area contributed by atoms with Crippen LogP contribution in [-0.4, -0.2) is 28.8 Å². The second kappa shape index (κ2) is 9.00. The molecule has 5 rings (SSSR count). The molecule has 0 spiro atoms. The zero-order valence-corrected chi connectivity index (χ0v) is 20.8. The van der Waals surface area contributed by atoms with Crippen LogP contribution in [0, 0.1) is 0 Å². The summed E-state index contributed by atoms with van der Waals surface area (Å²) in [5, 5.41) is 4.24. The molecule has 1 saturated heterocycles. The van der Waals surface area contributed by atoms with Crippen molar-refractivity contribution in [2.45, 2.75) is 12.1 Å². The van der Waals surface area contributed by atoms with Crippen LogP contribution in [0.3, 0.4) is 0 Å². The van der Waals surface area contributed by atoms with E-state index in [0.717, 1.165) is 32.9 Å². The molecule has 2 aromatic carbocycles. The van der Waals surface area contributed by atoms with Crippen LogP contribution in [0.1, 0.15) is 23.5 Å². The number of rotatable bonds is 5. The third-order valence-electron chi connectivity index (χ3n) is 5.91. The summed E-state index contributed by atoms with van der Waals surface area (Å²) in [7, 11) is 4.09. The summed E-state index contributed by atoms with van der Waals surface area (Å²) >= 11 is 9.49. The number of hydrogen-bond acceptors (Lipinski definition) is 3. The van der Waals surface area contributed by atoms with Crippen LogP contribution in [0.2, 0.25) is 0 Å². The van der Waals surface area contributed by atoms with Crippen LogP contribution in [0.4, 0.5) is 11.4 Å². The van der Waals surface area contributed by atoms with Crippen molar-refractivity contribution in [2.75, 3.05) is 23.9 Å². The molecule has 1 fully saturated rings. The minimum atomic E-state index is -0.0898. The minimum Gasteiger partial charge on any atom is -0.378 e. The van der Waals surface area contributed by atoms with Crippen molar-refractivity contribution >= 4 is 44.6 Å². The van der Waals surface area contributed by atoms with E-state index in [4.69, 9.17) is 12.2 Å². The maximum Gasteiger partial charge on any atom is 0.174 e. The summed E-state index contributed by atoms with van der Waals surface area (Å²) in [5.74, 6) is 0. The van der Waals surface area contributed by atoms with Crippen molar-refractivity contribution in [1.82, 2.24) is 14.9 Å². The smallest absolute Gasteiger partial charge is 0.174 e. The lowest BCUT2D eigenvalue weighted by molar-refractivity contribution is 0.549. The standard InChI is InChI=1S/C26H24BrN5S/c1-30(2)19-11-13-20(14-12-19)32-25(24(29-26(32)33)22-9-3-4-15-28-22)23-10-6-16-31(23)21-8-5-7-18(27)17-21/h3-17,24-25H,1-2H3,(H,29,33). The van der Waals surface area contributed by atoms with E-state index in [2.05, 4.69) is 107 Å². The molecule has 33 heavy (non-hydrogen) atoms. The van der Waals surface area contributed by atoms with E-state index in [9.17, 15) is 0 Å². The summed E-state index contributed by atoms with van der Waals surface area (Å²) in [5.41, 5.74) is 5.37. The van der Waals surface area contributed by atoms with E-state index in [1.165, 1.54) is 0 Å². The molecule has 0 saturated carbocycles. The molecule has 1 aliphatic rings. The van der Waals surface area contributed by atoms with Crippen LogP contribution in [-0.2, 0) is 0 Å². The maximum absolute atomic E-state index is 5.88. The fourth-order valence-electron chi connectivity index (χ4n) is 4.34. The molecule has 7 heteroatoms. The van der Waals surface area contributed by atoms with E-state index in [-0.39, 0.29) is 12.1 Å². The number of halogens is 1. The molecule has 3 heterocycles. The molecule has 2 atom stereocenters. The third kappa shape index (κ3) is 4.14. The summed E-state index contributed by atoms with van der Waals surface area (Å²) < 4.78 is 3.26. The van der Waals surface area contributed by atoms with Crippen molar-refractivity contribution in [3.63, 3.8) is 0 Å². The quantitative estimate of drug-likeness (QED) is 0.334. The Morgan fingerprint density at radius 3 is 2.45 bits per heavy atom. The van der Waals surface area contributed by atoms with Gasteiger partial charge in [-0.15, -0.1) is 0 Å². The van der Waals surface area contributed by atoms with E-state index < -0.39 is 0 Å². The van der Waals surface area contributed by atoms with Crippen LogP contribution in [0.25, 0.3) is 5.69 Å². The molecule has 2 aromatic heterocycles. The average Bonchev–Trinajstić information content (AvgIpc) is 3.44. The monoisotopic (exact) mass is 517 g/mol. The number of thiocarbonyl (C=S) groups is 1. The van der Waals surface area contributed by atoms with Crippen molar-refractivity contribution in [3.8, 4) is 5.69 Å². The zero-order valence-electron chi connectivity index (χ0n) is 18.4.